The van der Waals surface area contributed by atoms with Crippen LogP contribution in [0.3, 0.4) is 0 Å². The Bertz CT molecular complexity index is 382. The number of methoxy groups -OCH3 is 2. The van der Waals surface area contributed by atoms with Gasteiger partial charge in [0.15, 0.2) is 0 Å². The second-order valence-electron chi connectivity index (χ2n) is 3.54. The van der Waals surface area contributed by atoms with Crippen LogP contribution in [-0.4, -0.2) is 60.6 Å². The smallest absolute Gasteiger partial charge is 0.368 e. The van der Waals surface area contributed by atoms with Crippen molar-refractivity contribution in [3.63, 3.8) is 0 Å². The summed E-state index contributed by atoms with van der Waals surface area (Å²) in [7, 11) is -3.23. The fourth-order valence-corrected chi connectivity index (χ4v) is 2.70. The van der Waals surface area contributed by atoms with E-state index >= 15 is 0 Å². The third-order valence-corrected chi connectivity index (χ3v) is 3.53. The van der Waals surface area contributed by atoms with Crippen molar-refractivity contribution in [1.82, 2.24) is 0 Å². The van der Waals surface area contributed by atoms with Crippen LogP contribution >= 0.6 is 7.60 Å². The minimum atomic E-state index is -5.12. The molecule has 0 aliphatic carbocycles. The number of esters is 2. The van der Waals surface area contributed by atoms with Gasteiger partial charge in [-0.2, -0.15) is 0 Å². The normalized spacial score (nSPS) is 13.7. The molecule has 0 heterocycles. The molecule has 2 N–H and O–H groups in total. The number of rotatable bonds is 8. The van der Waals surface area contributed by atoms with E-state index in [1.165, 1.54) is 13.8 Å². The van der Waals surface area contributed by atoms with Crippen molar-refractivity contribution in [1.29, 1.82) is 0 Å². The van der Waals surface area contributed by atoms with Gasteiger partial charge in [0, 0.05) is 13.2 Å². The molecular weight excluding hydrogens is 295 g/mol. The van der Waals surface area contributed by atoms with Gasteiger partial charge in [-0.3, -0.25) is 9.36 Å². The molecule has 0 saturated carbocycles. The van der Waals surface area contributed by atoms with Crippen LogP contribution in [0.15, 0.2) is 0 Å². The average Bonchev–Trinajstić information content (AvgIpc) is 2.36. The highest BCUT2D eigenvalue weighted by Crippen LogP contribution is 2.49. The molecule has 0 saturated heterocycles. The first kappa shape index (κ1) is 19.0. The van der Waals surface area contributed by atoms with Crippen LogP contribution in [-0.2, 0) is 33.1 Å². The molecule has 9 nitrogen and oxygen atoms in total. The molecule has 0 aromatic heterocycles. The van der Waals surface area contributed by atoms with Crippen molar-refractivity contribution >= 4 is 19.5 Å². The summed E-state index contributed by atoms with van der Waals surface area (Å²) in [6.07, 6.45) is 0. The van der Waals surface area contributed by atoms with Crippen LogP contribution < -0.4 is 0 Å². The number of ether oxygens (including phenoxy) is 4. The predicted molar refractivity (Wildman–Crippen MR) is 65.8 cm³/mol. The largest absolute Gasteiger partial charge is 0.468 e. The molecule has 10 heteroatoms. The van der Waals surface area contributed by atoms with Crippen molar-refractivity contribution in [3.8, 4) is 0 Å². The quantitative estimate of drug-likeness (QED) is 0.351. The zero-order valence-corrected chi connectivity index (χ0v) is 12.6. The fraction of sp³-hybridized carbons (Fsp3) is 0.800. The molecule has 0 rings (SSSR count). The molecule has 118 valence electrons. The summed E-state index contributed by atoms with van der Waals surface area (Å²) in [4.78, 5) is 42.3. The number of carbonyl (C=O) groups is 2. The molecular formula is C10H19O9P. The first-order valence-electron chi connectivity index (χ1n) is 5.70. The summed E-state index contributed by atoms with van der Waals surface area (Å²) >= 11 is 0. The van der Waals surface area contributed by atoms with Crippen LogP contribution in [0.25, 0.3) is 0 Å². The lowest BCUT2D eigenvalue weighted by Gasteiger charge is -2.35. The van der Waals surface area contributed by atoms with Gasteiger partial charge in [-0.1, -0.05) is 0 Å². The van der Waals surface area contributed by atoms with Gasteiger partial charge in [0.1, 0.15) is 0 Å². The fourth-order valence-electron chi connectivity index (χ4n) is 1.63. The van der Waals surface area contributed by atoms with E-state index in [0.29, 0.717) is 0 Å². The standard InChI is InChI=1S/C10H19O9P/c1-5-18-10(19-6-2,9(12)17-4)7(8(11)16-3)20(13,14)15/h7H,5-6H2,1-4H3,(H2,13,14,15). The van der Waals surface area contributed by atoms with E-state index in [0.717, 1.165) is 14.2 Å². The molecule has 1 unspecified atom stereocenters. The van der Waals surface area contributed by atoms with E-state index in [4.69, 9.17) is 9.47 Å². The molecule has 0 aliphatic rings. The van der Waals surface area contributed by atoms with E-state index in [1.54, 1.807) is 0 Å². The minimum absolute atomic E-state index is 0.150. The van der Waals surface area contributed by atoms with Gasteiger partial charge in [0.2, 0.25) is 5.66 Å². The van der Waals surface area contributed by atoms with Gasteiger partial charge in [-0.25, -0.2) is 4.79 Å². The molecule has 0 amide bonds. The van der Waals surface area contributed by atoms with E-state index in [9.17, 15) is 23.9 Å². The van der Waals surface area contributed by atoms with E-state index in [2.05, 4.69) is 9.47 Å². The maximum absolute atomic E-state index is 11.9. The van der Waals surface area contributed by atoms with E-state index in [-0.39, 0.29) is 13.2 Å². The second kappa shape index (κ2) is 7.70. The maximum Gasteiger partial charge on any atom is 0.368 e. The van der Waals surface area contributed by atoms with E-state index < -0.39 is 31.0 Å². The number of hydrogen-bond acceptors (Lipinski definition) is 7. The van der Waals surface area contributed by atoms with Crippen molar-refractivity contribution in [2.24, 2.45) is 0 Å². The zero-order chi connectivity index (χ0) is 16.0. The maximum atomic E-state index is 11.9. The number of hydrogen-bond donors (Lipinski definition) is 2. The molecule has 0 fully saturated rings. The van der Waals surface area contributed by atoms with Crippen LogP contribution in [0.2, 0.25) is 0 Å². The summed E-state index contributed by atoms with van der Waals surface area (Å²) in [5.41, 5.74) is -2.28. The SMILES string of the molecule is CCOC(OCC)(C(=O)OC)C(C(=O)OC)P(=O)(O)O. The van der Waals surface area contributed by atoms with Crippen LogP contribution in [0.1, 0.15) is 13.8 Å². The molecule has 1 atom stereocenters. The Morgan fingerprint density at radius 1 is 1.10 bits per heavy atom. The van der Waals surface area contributed by atoms with Gasteiger partial charge in [-0.15, -0.1) is 0 Å². The monoisotopic (exact) mass is 314 g/mol. The molecule has 0 aromatic rings. The topological polar surface area (TPSA) is 129 Å². The summed E-state index contributed by atoms with van der Waals surface area (Å²) in [5.74, 6) is -5.14. The van der Waals surface area contributed by atoms with Gasteiger partial charge >= 0.3 is 19.5 Å². The Morgan fingerprint density at radius 3 is 1.80 bits per heavy atom. The second-order valence-corrected chi connectivity index (χ2v) is 5.23. The first-order valence-corrected chi connectivity index (χ1v) is 7.38. The van der Waals surface area contributed by atoms with Crippen molar-refractivity contribution < 1.29 is 42.9 Å². The molecule has 0 radical (unpaired) electrons. The Kier molecular flexibility index (Phi) is 7.32. The first-order chi connectivity index (χ1) is 9.21. The summed E-state index contributed by atoms with van der Waals surface area (Å²) in [6, 6.07) is 0. The Balaban J connectivity index is 6.04. The van der Waals surface area contributed by atoms with Gasteiger partial charge < -0.3 is 28.7 Å². The summed E-state index contributed by atoms with van der Waals surface area (Å²) in [6.45, 7) is 2.63. The lowest BCUT2D eigenvalue weighted by Crippen LogP contribution is -2.57. The minimum Gasteiger partial charge on any atom is -0.468 e. The Morgan fingerprint density at radius 2 is 1.55 bits per heavy atom. The molecule has 0 aliphatic heterocycles. The van der Waals surface area contributed by atoms with Gasteiger partial charge in [0.25, 0.3) is 5.79 Å². The average molecular weight is 314 g/mol. The zero-order valence-electron chi connectivity index (χ0n) is 11.7. The molecule has 20 heavy (non-hydrogen) atoms. The summed E-state index contributed by atoms with van der Waals surface area (Å²) < 4.78 is 30.4. The highest BCUT2D eigenvalue weighted by atomic mass is 31.2. The van der Waals surface area contributed by atoms with Gasteiger partial charge in [-0.05, 0) is 13.8 Å². The van der Waals surface area contributed by atoms with Crippen LogP contribution in [0.4, 0.5) is 0 Å². The summed E-state index contributed by atoms with van der Waals surface area (Å²) in [5, 5.41) is 0. The highest BCUT2D eigenvalue weighted by molar-refractivity contribution is 7.53. The molecule has 0 spiro atoms. The molecule has 0 aromatic carbocycles. The number of carbonyl (C=O) groups excluding carboxylic acids is 2. The molecule has 0 bridgehead atoms. The predicted octanol–water partition coefficient (Wildman–Crippen LogP) is -0.352. The highest BCUT2D eigenvalue weighted by Gasteiger charge is 2.61. The Labute approximate surface area is 116 Å². The van der Waals surface area contributed by atoms with Crippen LogP contribution in [0, 0.1) is 0 Å². The lowest BCUT2D eigenvalue weighted by molar-refractivity contribution is -0.247. The van der Waals surface area contributed by atoms with Crippen molar-refractivity contribution in [3.05, 3.63) is 0 Å². The van der Waals surface area contributed by atoms with Crippen molar-refractivity contribution in [2.45, 2.75) is 25.3 Å². The third-order valence-electron chi connectivity index (χ3n) is 2.31. The van der Waals surface area contributed by atoms with E-state index in [1.807, 2.05) is 0 Å². The van der Waals surface area contributed by atoms with Gasteiger partial charge in [0.05, 0.1) is 14.2 Å². The Hall–Kier alpha value is -0.990. The van der Waals surface area contributed by atoms with Crippen LogP contribution in [0.5, 0.6) is 0 Å². The third kappa shape index (κ3) is 4.00. The van der Waals surface area contributed by atoms with Crippen molar-refractivity contribution in [2.75, 3.05) is 27.4 Å². The lowest BCUT2D eigenvalue weighted by atomic mass is 10.1.